The van der Waals surface area contributed by atoms with E-state index < -0.39 is 0 Å². The molecular weight excluding hydrogens is 512 g/mol. The molecule has 2 heterocycles. The van der Waals surface area contributed by atoms with Gasteiger partial charge in [0.25, 0.3) is 0 Å². The van der Waals surface area contributed by atoms with Crippen LogP contribution in [0.3, 0.4) is 0 Å². The van der Waals surface area contributed by atoms with E-state index in [0.717, 1.165) is 66.1 Å². The fourth-order valence-electron chi connectivity index (χ4n) is 6.40. The highest BCUT2D eigenvalue weighted by Crippen LogP contribution is 2.41. The average molecular weight is 535 g/mol. The summed E-state index contributed by atoms with van der Waals surface area (Å²) < 4.78 is 4.55. The molecule has 0 saturated carbocycles. The van der Waals surface area contributed by atoms with Gasteiger partial charge >= 0.3 is 0 Å². The quantitative estimate of drug-likeness (QED) is 0.227. The van der Waals surface area contributed by atoms with E-state index in [2.05, 4.69) is 118 Å². The fraction of sp³-hybridized carbons (Fsp3) is 0. The summed E-state index contributed by atoms with van der Waals surface area (Å²) in [4.78, 5) is 0. The normalized spacial score (nSPS) is 11.3. The van der Waals surface area contributed by atoms with Crippen molar-refractivity contribution >= 4 is 43.6 Å². The second-order valence-corrected chi connectivity index (χ2v) is 10.4. The van der Waals surface area contributed by atoms with E-state index in [1.165, 1.54) is 0 Å². The number of rotatable bonds is 3. The first-order valence-corrected chi connectivity index (χ1v) is 13.8. The van der Waals surface area contributed by atoms with Crippen molar-refractivity contribution in [2.24, 2.45) is 0 Å². The van der Waals surface area contributed by atoms with Crippen LogP contribution in [-0.2, 0) is 0 Å². The molecular formula is C38H22N4. The zero-order valence-electron chi connectivity index (χ0n) is 22.5. The Bertz CT molecular complexity index is 2160. The molecule has 8 aromatic rings. The summed E-state index contributed by atoms with van der Waals surface area (Å²) in [5, 5.41) is 24.6. The minimum Gasteiger partial charge on any atom is -0.309 e. The number of benzene rings is 6. The number of para-hydroxylation sites is 4. The Morgan fingerprint density at radius 2 is 0.690 bits per heavy atom. The molecule has 6 aromatic carbocycles. The molecule has 0 aliphatic rings. The standard InChI is InChI=1S/C38H22N4/c39-23-25-17-19-37(41-33-13-5-1-9-27(33)28-10-2-6-14-34(28)41)31(21-25)32-22-26(24-40)18-20-38(32)42-35-15-7-3-11-29(35)30-12-4-8-16-36(30)42/h1-22H. The van der Waals surface area contributed by atoms with Crippen LogP contribution >= 0.6 is 0 Å². The first-order valence-electron chi connectivity index (χ1n) is 13.8. The van der Waals surface area contributed by atoms with Gasteiger partial charge in [0.05, 0.1) is 56.7 Å². The van der Waals surface area contributed by atoms with Crippen molar-refractivity contribution in [1.29, 1.82) is 10.5 Å². The summed E-state index contributed by atoms with van der Waals surface area (Å²) in [6.07, 6.45) is 0. The van der Waals surface area contributed by atoms with Gasteiger partial charge in [0.1, 0.15) is 0 Å². The van der Waals surface area contributed by atoms with Crippen LogP contribution in [0, 0.1) is 22.7 Å². The molecule has 0 aliphatic heterocycles. The molecule has 0 unspecified atom stereocenters. The van der Waals surface area contributed by atoms with Crippen LogP contribution in [0.2, 0.25) is 0 Å². The molecule has 0 radical (unpaired) electrons. The molecule has 0 N–H and O–H groups in total. The van der Waals surface area contributed by atoms with Gasteiger partial charge in [-0.2, -0.15) is 10.5 Å². The highest BCUT2D eigenvalue weighted by atomic mass is 15.0. The third-order valence-electron chi connectivity index (χ3n) is 8.18. The second kappa shape index (κ2) is 9.24. The Balaban J connectivity index is 1.52. The average Bonchev–Trinajstić information content (AvgIpc) is 3.57. The Labute approximate surface area is 242 Å². The third-order valence-corrected chi connectivity index (χ3v) is 8.18. The van der Waals surface area contributed by atoms with Gasteiger partial charge in [-0.05, 0) is 60.7 Å². The van der Waals surface area contributed by atoms with Crippen LogP contribution in [0.25, 0.3) is 66.1 Å². The highest BCUT2D eigenvalue weighted by Gasteiger charge is 2.21. The van der Waals surface area contributed by atoms with Crippen molar-refractivity contribution in [1.82, 2.24) is 9.13 Å². The molecule has 0 bridgehead atoms. The molecule has 2 aromatic heterocycles. The highest BCUT2D eigenvalue weighted by molar-refractivity contribution is 6.11. The van der Waals surface area contributed by atoms with E-state index >= 15 is 0 Å². The van der Waals surface area contributed by atoms with E-state index in [-0.39, 0.29) is 0 Å². The number of nitrogens with zero attached hydrogens (tertiary/aromatic N) is 4. The molecule has 0 fully saturated rings. The van der Waals surface area contributed by atoms with Gasteiger partial charge in [0, 0.05) is 32.7 Å². The maximum absolute atomic E-state index is 10.00. The molecule has 8 rings (SSSR count). The molecule has 0 aliphatic carbocycles. The lowest BCUT2D eigenvalue weighted by Gasteiger charge is -2.19. The predicted octanol–water partition coefficient (Wildman–Crippen LogP) is 9.29. The maximum atomic E-state index is 10.00. The zero-order chi connectivity index (χ0) is 28.2. The van der Waals surface area contributed by atoms with Gasteiger partial charge in [0.15, 0.2) is 0 Å². The summed E-state index contributed by atoms with van der Waals surface area (Å²) in [6.45, 7) is 0. The van der Waals surface area contributed by atoms with Gasteiger partial charge in [0.2, 0.25) is 0 Å². The van der Waals surface area contributed by atoms with Crippen LogP contribution in [0.1, 0.15) is 11.1 Å². The van der Waals surface area contributed by atoms with Crippen LogP contribution in [0.4, 0.5) is 0 Å². The van der Waals surface area contributed by atoms with Gasteiger partial charge in [-0.1, -0.05) is 72.8 Å². The maximum Gasteiger partial charge on any atom is 0.0991 e. The van der Waals surface area contributed by atoms with E-state index in [0.29, 0.717) is 11.1 Å². The summed E-state index contributed by atoms with van der Waals surface area (Å²) >= 11 is 0. The van der Waals surface area contributed by atoms with Crippen molar-refractivity contribution in [2.75, 3.05) is 0 Å². The Morgan fingerprint density at radius 1 is 0.381 bits per heavy atom. The lowest BCUT2D eigenvalue weighted by Crippen LogP contribution is -2.02. The predicted molar refractivity (Wildman–Crippen MR) is 170 cm³/mol. The van der Waals surface area contributed by atoms with Crippen LogP contribution in [-0.4, -0.2) is 9.13 Å². The number of fused-ring (bicyclic) bond motifs is 6. The zero-order valence-corrected chi connectivity index (χ0v) is 22.5. The summed E-state index contributed by atoms with van der Waals surface area (Å²) in [7, 11) is 0. The SMILES string of the molecule is N#Cc1ccc(-n2c3ccccc3c3ccccc32)c(-c2cc(C#N)ccc2-n2c3ccccc3c3ccccc32)c1. The van der Waals surface area contributed by atoms with Crippen LogP contribution in [0.5, 0.6) is 0 Å². The van der Waals surface area contributed by atoms with Crippen molar-refractivity contribution in [3.05, 3.63) is 145 Å². The lowest BCUT2D eigenvalue weighted by atomic mass is 9.97. The summed E-state index contributed by atoms with van der Waals surface area (Å²) in [6, 6.07) is 50.0. The van der Waals surface area contributed by atoms with Crippen molar-refractivity contribution in [3.63, 3.8) is 0 Å². The molecule has 4 heteroatoms. The van der Waals surface area contributed by atoms with Crippen molar-refractivity contribution in [3.8, 4) is 34.6 Å². The smallest absolute Gasteiger partial charge is 0.0991 e. The van der Waals surface area contributed by atoms with Gasteiger partial charge in [-0.3, -0.25) is 0 Å². The summed E-state index contributed by atoms with van der Waals surface area (Å²) in [5.41, 5.74) is 9.11. The minimum absolute atomic E-state index is 0.560. The molecule has 0 spiro atoms. The van der Waals surface area contributed by atoms with Gasteiger partial charge in [-0.25, -0.2) is 0 Å². The van der Waals surface area contributed by atoms with E-state index in [4.69, 9.17) is 0 Å². The lowest BCUT2D eigenvalue weighted by molar-refractivity contribution is 1.16. The van der Waals surface area contributed by atoms with Crippen molar-refractivity contribution < 1.29 is 0 Å². The summed E-state index contributed by atoms with van der Waals surface area (Å²) in [5.74, 6) is 0. The largest absolute Gasteiger partial charge is 0.309 e. The molecule has 194 valence electrons. The van der Waals surface area contributed by atoms with Gasteiger partial charge in [-0.15, -0.1) is 0 Å². The monoisotopic (exact) mass is 534 g/mol. The van der Waals surface area contributed by atoms with Crippen LogP contribution < -0.4 is 0 Å². The molecule has 42 heavy (non-hydrogen) atoms. The molecule has 0 saturated heterocycles. The Kier molecular flexibility index (Phi) is 5.22. The van der Waals surface area contributed by atoms with E-state index in [1.54, 1.807) is 0 Å². The minimum atomic E-state index is 0.560. The molecule has 4 nitrogen and oxygen atoms in total. The van der Waals surface area contributed by atoms with E-state index in [1.807, 2.05) is 36.4 Å². The first kappa shape index (κ1) is 23.8. The van der Waals surface area contributed by atoms with Gasteiger partial charge < -0.3 is 9.13 Å². The molecule has 0 amide bonds. The number of nitriles is 2. The Hall–Kier alpha value is -6.10. The third kappa shape index (κ3) is 3.40. The second-order valence-electron chi connectivity index (χ2n) is 10.4. The number of aromatic nitrogens is 2. The fourth-order valence-corrected chi connectivity index (χ4v) is 6.40. The number of hydrogen-bond acceptors (Lipinski definition) is 2. The Morgan fingerprint density at radius 3 is 1.00 bits per heavy atom. The number of hydrogen-bond donors (Lipinski definition) is 0. The van der Waals surface area contributed by atoms with Crippen LogP contribution in [0.15, 0.2) is 133 Å². The molecule has 0 atom stereocenters. The van der Waals surface area contributed by atoms with Crippen molar-refractivity contribution in [2.45, 2.75) is 0 Å². The first-order chi connectivity index (χ1) is 20.8. The topological polar surface area (TPSA) is 57.4 Å². The van der Waals surface area contributed by atoms with E-state index in [9.17, 15) is 10.5 Å².